The van der Waals surface area contributed by atoms with Gasteiger partial charge in [-0.25, -0.2) is 4.39 Å². The van der Waals surface area contributed by atoms with Crippen LogP contribution in [0, 0.1) is 5.82 Å². The summed E-state index contributed by atoms with van der Waals surface area (Å²) >= 11 is 0. The Balaban J connectivity index is 1.99. The predicted molar refractivity (Wildman–Crippen MR) is 77.4 cm³/mol. The zero-order chi connectivity index (χ0) is 13.5. The lowest BCUT2D eigenvalue weighted by atomic mass is 10.1. The summed E-state index contributed by atoms with van der Waals surface area (Å²) in [6.07, 6.45) is 7.94. The van der Waals surface area contributed by atoms with Gasteiger partial charge >= 0.3 is 0 Å². The summed E-state index contributed by atoms with van der Waals surface area (Å²) in [6.45, 7) is 2.52. The van der Waals surface area contributed by atoms with Gasteiger partial charge in [-0.15, -0.1) is 0 Å². The average molecular weight is 264 g/mol. The van der Waals surface area contributed by atoms with Crippen LogP contribution in [-0.4, -0.2) is 24.0 Å². The Morgan fingerprint density at radius 3 is 2.26 bits per heavy atom. The first kappa shape index (κ1) is 14.5. The molecule has 0 heterocycles. The fourth-order valence-corrected chi connectivity index (χ4v) is 3.00. The molecule has 0 amide bonds. The van der Waals surface area contributed by atoms with Gasteiger partial charge in [0.25, 0.3) is 0 Å². The highest BCUT2D eigenvalue weighted by molar-refractivity contribution is 5.16. The van der Waals surface area contributed by atoms with E-state index >= 15 is 0 Å². The second kappa shape index (κ2) is 7.61. The highest BCUT2D eigenvalue weighted by Crippen LogP contribution is 2.23. The molecule has 2 rings (SSSR count). The quantitative estimate of drug-likeness (QED) is 0.827. The number of hydrogen-bond acceptors (Lipinski definition) is 2. The topological polar surface area (TPSA) is 29.3 Å². The van der Waals surface area contributed by atoms with Crippen molar-refractivity contribution in [3.05, 3.63) is 35.6 Å². The lowest BCUT2D eigenvalue weighted by Gasteiger charge is -2.30. The Bertz CT molecular complexity index is 356. The maximum atomic E-state index is 12.9. The van der Waals surface area contributed by atoms with Crippen molar-refractivity contribution >= 4 is 0 Å². The molecule has 0 radical (unpaired) electrons. The molecule has 1 fully saturated rings. The van der Waals surface area contributed by atoms with Crippen molar-refractivity contribution in [2.24, 2.45) is 5.73 Å². The van der Waals surface area contributed by atoms with Crippen molar-refractivity contribution in [2.45, 2.75) is 51.1 Å². The van der Waals surface area contributed by atoms with Gasteiger partial charge in [0, 0.05) is 25.7 Å². The standard InChI is InChI=1S/C16H25FN2/c17-15-9-7-14(8-10-15)13-19(12-11-18)16-5-3-1-2-4-6-16/h7-10,16H,1-6,11-13,18H2. The second-order valence-electron chi connectivity index (χ2n) is 5.53. The Morgan fingerprint density at radius 1 is 1.05 bits per heavy atom. The van der Waals surface area contributed by atoms with Crippen molar-refractivity contribution in [3.8, 4) is 0 Å². The van der Waals surface area contributed by atoms with Crippen LogP contribution in [0.3, 0.4) is 0 Å². The van der Waals surface area contributed by atoms with E-state index in [1.54, 1.807) is 12.1 Å². The van der Waals surface area contributed by atoms with Crippen LogP contribution in [0.2, 0.25) is 0 Å². The molecule has 1 saturated carbocycles. The summed E-state index contributed by atoms with van der Waals surface area (Å²) in [5.41, 5.74) is 6.93. The van der Waals surface area contributed by atoms with E-state index in [2.05, 4.69) is 4.90 Å². The van der Waals surface area contributed by atoms with Gasteiger partial charge in [0.2, 0.25) is 0 Å². The van der Waals surface area contributed by atoms with Crippen LogP contribution in [0.25, 0.3) is 0 Å². The third-order valence-corrected chi connectivity index (χ3v) is 4.06. The maximum Gasteiger partial charge on any atom is 0.123 e. The number of hydrogen-bond donors (Lipinski definition) is 1. The predicted octanol–water partition coefficient (Wildman–Crippen LogP) is 3.31. The van der Waals surface area contributed by atoms with Crippen LogP contribution in [-0.2, 0) is 6.54 Å². The lowest BCUT2D eigenvalue weighted by Crippen LogP contribution is -2.38. The van der Waals surface area contributed by atoms with Gasteiger partial charge in [-0.1, -0.05) is 37.8 Å². The summed E-state index contributed by atoms with van der Waals surface area (Å²) in [5.74, 6) is -0.163. The molecule has 1 aromatic rings. The van der Waals surface area contributed by atoms with Crippen LogP contribution >= 0.6 is 0 Å². The molecular formula is C16H25FN2. The largest absolute Gasteiger partial charge is 0.329 e. The smallest absolute Gasteiger partial charge is 0.123 e. The Hall–Kier alpha value is -0.930. The molecule has 0 aliphatic heterocycles. The fourth-order valence-electron chi connectivity index (χ4n) is 3.00. The molecule has 0 atom stereocenters. The van der Waals surface area contributed by atoms with Crippen LogP contribution in [0.4, 0.5) is 4.39 Å². The molecule has 0 spiro atoms. The maximum absolute atomic E-state index is 12.9. The van der Waals surface area contributed by atoms with E-state index in [0.29, 0.717) is 12.6 Å². The molecule has 0 aromatic heterocycles. The minimum Gasteiger partial charge on any atom is -0.329 e. The molecule has 2 N–H and O–H groups in total. The third kappa shape index (κ3) is 4.59. The van der Waals surface area contributed by atoms with E-state index in [1.165, 1.54) is 44.1 Å². The van der Waals surface area contributed by atoms with Gasteiger partial charge in [0.05, 0.1) is 0 Å². The molecule has 0 unspecified atom stereocenters. The van der Waals surface area contributed by atoms with E-state index in [4.69, 9.17) is 5.73 Å². The number of nitrogens with zero attached hydrogens (tertiary/aromatic N) is 1. The summed E-state index contributed by atoms with van der Waals surface area (Å²) in [7, 11) is 0. The molecule has 1 aliphatic carbocycles. The fraction of sp³-hybridized carbons (Fsp3) is 0.625. The second-order valence-corrected chi connectivity index (χ2v) is 5.53. The number of benzene rings is 1. The van der Waals surface area contributed by atoms with Gasteiger partial charge < -0.3 is 5.73 Å². The molecule has 19 heavy (non-hydrogen) atoms. The molecule has 1 aliphatic rings. The summed E-state index contributed by atoms with van der Waals surface area (Å²) < 4.78 is 12.9. The molecule has 2 nitrogen and oxygen atoms in total. The molecule has 106 valence electrons. The van der Waals surface area contributed by atoms with E-state index in [0.717, 1.165) is 13.1 Å². The molecule has 1 aromatic carbocycles. The normalized spacial score (nSPS) is 17.6. The van der Waals surface area contributed by atoms with Gasteiger partial charge in [-0.05, 0) is 30.5 Å². The van der Waals surface area contributed by atoms with E-state index in [1.807, 2.05) is 12.1 Å². The Labute approximate surface area is 115 Å². The summed E-state index contributed by atoms with van der Waals surface area (Å²) in [5, 5.41) is 0. The first-order chi connectivity index (χ1) is 9.29. The van der Waals surface area contributed by atoms with Crippen molar-refractivity contribution in [3.63, 3.8) is 0 Å². The first-order valence-corrected chi connectivity index (χ1v) is 7.48. The van der Waals surface area contributed by atoms with Crippen molar-refractivity contribution in [1.29, 1.82) is 0 Å². The highest BCUT2D eigenvalue weighted by atomic mass is 19.1. The van der Waals surface area contributed by atoms with E-state index < -0.39 is 0 Å². The third-order valence-electron chi connectivity index (χ3n) is 4.06. The number of nitrogens with two attached hydrogens (primary N) is 1. The zero-order valence-corrected chi connectivity index (χ0v) is 11.7. The summed E-state index contributed by atoms with van der Waals surface area (Å²) in [6, 6.07) is 7.51. The highest BCUT2D eigenvalue weighted by Gasteiger charge is 2.19. The van der Waals surface area contributed by atoms with Crippen molar-refractivity contribution < 1.29 is 4.39 Å². The van der Waals surface area contributed by atoms with Crippen LogP contribution < -0.4 is 5.73 Å². The van der Waals surface area contributed by atoms with Gasteiger partial charge in [-0.2, -0.15) is 0 Å². The Morgan fingerprint density at radius 2 is 1.68 bits per heavy atom. The zero-order valence-electron chi connectivity index (χ0n) is 11.7. The SMILES string of the molecule is NCCN(Cc1ccc(F)cc1)C1CCCCCC1. The van der Waals surface area contributed by atoms with E-state index in [-0.39, 0.29) is 5.82 Å². The van der Waals surface area contributed by atoms with Crippen LogP contribution in [0.15, 0.2) is 24.3 Å². The number of halogens is 1. The summed E-state index contributed by atoms with van der Waals surface area (Å²) in [4.78, 5) is 2.48. The minimum absolute atomic E-state index is 0.163. The van der Waals surface area contributed by atoms with Crippen molar-refractivity contribution in [1.82, 2.24) is 4.90 Å². The molecule has 0 bridgehead atoms. The van der Waals surface area contributed by atoms with Crippen LogP contribution in [0.1, 0.15) is 44.1 Å². The van der Waals surface area contributed by atoms with Gasteiger partial charge in [0.1, 0.15) is 5.82 Å². The molecule has 3 heteroatoms. The van der Waals surface area contributed by atoms with Crippen LogP contribution in [0.5, 0.6) is 0 Å². The minimum atomic E-state index is -0.163. The first-order valence-electron chi connectivity index (χ1n) is 7.48. The molecular weight excluding hydrogens is 239 g/mol. The monoisotopic (exact) mass is 264 g/mol. The van der Waals surface area contributed by atoms with Gasteiger partial charge in [0.15, 0.2) is 0 Å². The van der Waals surface area contributed by atoms with Gasteiger partial charge in [-0.3, -0.25) is 4.90 Å². The van der Waals surface area contributed by atoms with Crippen molar-refractivity contribution in [2.75, 3.05) is 13.1 Å². The average Bonchev–Trinajstić information content (AvgIpc) is 2.70. The lowest BCUT2D eigenvalue weighted by molar-refractivity contribution is 0.175. The molecule has 0 saturated heterocycles. The van der Waals surface area contributed by atoms with E-state index in [9.17, 15) is 4.39 Å². The number of rotatable bonds is 5. The Kier molecular flexibility index (Phi) is 5.80.